The summed E-state index contributed by atoms with van der Waals surface area (Å²) < 4.78 is 50.6. The molecule has 0 bridgehead atoms. The second kappa shape index (κ2) is 13.8. The zero-order valence-corrected chi connectivity index (χ0v) is 30.6. The lowest BCUT2D eigenvalue weighted by molar-refractivity contribution is -0.0701. The van der Waals surface area contributed by atoms with Crippen molar-refractivity contribution in [3.8, 4) is 41.2 Å². The molecule has 1 aliphatic carbocycles. The first-order valence-electron chi connectivity index (χ1n) is 18.9. The first-order valence-corrected chi connectivity index (χ1v) is 18.9. The van der Waals surface area contributed by atoms with Crippen molar-refractivity contribution >= 4 is 27.5 Å². The molecule has 12 heteroatoms. The topological polar surface area (TPSA) is 113 Å². The number of nitrogens with zero attached hydrogens (tertiary/aromatic N) is 5. The molecule has 0 spiro atoms. The number of hydrogen-bond donors (Lipinski definition) is 2. The normalized spacial score (nSPS) is 27.9. The molecule has 4 aromatic rings. The van der Waals surface area contributed by atoms with E-state index in [0.717, 1.165) is 58.1 Å². The molecule has 53 heavy (non-hydrogen) atoms. The molecule has 3 saturated heterocycles. The van der Waals surface area contributed by atoms with E-state index in [9.17, 15) is 10.2 Å². The van der Waals surface area contributed by atoms with Gasteiger partial charge < -0.3 is 29.3 Å². The summed E-state index contributed by atoms with van der Waals surface area (Å²) in [7, 11) is 1.42. The van der Waals surface area contributed by atoms with Gasteiger partial charge in [0, 0.05) is 48.1 Å². The molecule has 10 nitrogen and oxygen atoms in total. The number of methoxy groups -OCH3 is 1. The fourth-order valence-electron chi connectivity index (χ4n) is 9.74. The molecule has 2 N–H and O–H groups in total. The molecule has 2 unspecified atom stereocenters. The van der Waals surface area contributed by atoms with Gasteiger partial charge in [0.05, 0.1) is 31.0 Å². The van der Waals surface area contributed by atoms with Crippen LogP contribution in [0.25, 0.3) is 32.9 Å². The van der Waals surface area contributed by atoms with E-state index in [-0.39, 0.29) is 68.8 Å². The van der Waals surface area contributed by atoms with Crippen LogP contribution in [-0.2, 0) is 4.74 Å². The minimum absolute atomic E-state index is 0.0174. The van der Waals surface area contributed by atoms with Gasteiger partial charge in [0.1, 0.15) is 34.0 Å². The molecule has 5 atom stereocenters. The van der Waals surface area contributed by atoms with E-state index in [1.165, 1.54) is 31.4 Å². The maximum absolute atomic E-state index is 17.3. The van der Waals surface area contributed by atoms with Crippen LogP contribution in [0.5, 0.6) is 17.6 Å². The number of aromatic nitrogens is 3. The number of aromatic hydroxyl groups is 1. The van der Waals surface area contributed by atoms with Crippen LogP contribution in [0.1, 0.15) is 77.2 Å². The van der Waals surface area contributed by atoms with Crippen LogP contribution in [0, 0.1) is 29.4 Å². The van der Waals surface area contributed by atoms with Gasteiger partial charge in [-0.2, -0.15) is 9.97 Å². The van der Waals surface area contributed by atoms with Crippen LogP contribution < -0.4 is 14.4 Å². The molecule has 280 valence electrons. The molecule has 8 rings (SSSR count). The standard InChI is InChI=1S/C41H47F2N5O5/c1-5-28-30(42)11-10-25-20-27(49)21-29(32(25)28)35-34(43)36-33(38(44-35)51-4)37(47-16-7-13-40(3,50)22-47)46-39(45-36)53-23-41-14-6-9-31(41)48(17-8-15-41)26-12-18-52-24(2)19-26/h1,10-11,20-21,24,26,31,49-50H,6-9,12-19,22-23H2,2-4H3/t24-,26?,31?,40+,41+/m0/s1. The third-order valence-corrected chi connectivity index (χ3v) is 12.1. The second-order valence-corrected chi connectivity index (χ2v) is 15.8. The molecule has 2 aromatic heterocycles. The third kappa shape index (κ3) is 6.40. The molecule has 0 amide bonds. The average Bonchev–Trinajstić information content (AvgIpc) is 3.58. The second-order valence-electron chi connectivity index (χ2n) is 15.8. The van der Waals surface area contributed by atoms with Gasteiger partial charge in [0.25, 0.3) is 0 Å². The number of pyridine rings is 1. The Bertz CT molecular complexity index is 2110. The fraction of sp³-hybridized carbons (Fsp3) is 0.537. The average molecular weight is 728 g/mol. The van der Waals surface area contributed by atoms with E-state index >= 15 is 8.78 Å². The number of halogens is 2. The molecule has 3 aliphatic heterocycles. The fourth-order valence-corrected chi connectivity index (χ4v) is 9.74. The van der Waals surface area contributed by atoms with Gasteiger partial charge in [-0.05, 0) is 95.3 Å². The van der Waals surface area contributed by atoms with Gasteiger partial charge in [0.2, 0.25) is 5.88 Å². The third-order valence-electron chi connectivity index (χ3n) is 12.1. The predicted molar refractivity (Wildman–Crippen MR) is 198 cm³/mol. The first kappa shape index (κ1) is 35.7. The van der Waals surface area contributed by atoms with Crippen molar-refractivity contribution in [2.24, 2.45) is 5.41 Å². The van der Waals surface area contributed by atoms with Gasteiger partial charge in [0.15, 0.2) is 5.82 Å². The van der Waals surface area contributed by atoms with Crippen molar-refractivity contribution in [3.63, 3.8) is 0 Å². The molecule has 4 fully saturated rings. The van der Waals surface area contributed by atoms with Crippen LogP contribution >= 0.6 is 0 Å². The van der Waals surface area contributed by atoms with Crippen LogP contribution in [0.4, 0.5) is 14.6 Å². The Morgan fingerprint density at radius 3 is 2.64 bits per heavy atom. The Kier molecular flexibility index (Phi) is 9.32. The number of benzene rings is 2. The molecular weight excluding hydrogens is 680 g/mol. The predicted octanol–water partition coefficient (Wildman–Crippen LogP) is 6.75. The number of β-amino-alcohol motifs (C(OH)–C–C–N with tert-alkyl or cyclic N) is 1. The van der Waals surface area contributed by atoms with Crippen molar-refractivity contribution in [1.82, 2.24) is 19.9 Å². The van der Waals surface area contributed by atoms with Gasteiger partial charge in [-0.1, -0.05) is 18.4 Å². The van der Waals surface area contributed by atoms with E-state index in [2.05, 4.69) is 22.7 Å². The quantitative estimate of drug-likeness (QED) is 0.198. The summed E-state index contributed by atoms with van der Waals surface area (Å²) in [6.45, 7) is 6.95. The van der Waals surface area contributed by atoms with E-state index in [1.54, 1.807) is 6.92 Å². The van der Waals surface area contributed by atoms with Crippen LogP contribution in [0.15, 0.2) is 24.3 Å². The lowest BCUT2D eigenvalue weighted by atomic mass is 9.74. The Morgan fingerprint density at radius 1 is 1.06 bits per heavy atom. The zero-order valence-electron chi connectivity index (χ0n) is 30.6. The summed E-state index contributed by atoms with van der Waals surface area (Å²) in [4.78, 5) is 18.8. The van der Waals surface area contributed by atoms with Gasteiger partial charge in [-0.25, -0.2) is 13.8 Å². The largest absolute Gasteiger partial charge is 0.508 e. The zero-order chi connectivity index (χ0) is 37.1. The van der Waals surface area contributed by atoms with Crippen molar-refractivity contribution in [1.29, 1.82) is 0 Å². The van der Waals surface area contributed by atoms with Crippen molar-refractivity contribution in [3.05, 3.63) is 41.5 Å². The highest BCUT2D eigenvalue weighted by Crippen LogP contribution is 2.50. The highest BCUT2D eigenvalue weighted by atomic mass is 19.1. The molecular formula is C41H47F2N5O5. The summed E-state index contributed by atoms with van der Waals surface area (Å²) in [5.74, 6) is 1.11. The van der Waals surface area contributed by atoms with Crippen LogP contribution in [-0.4, -0.2) is 93.8 Å². The van der Waals surface area contributed by atoms with Crippen molar-refractivity contribution in [2.45, 2.75) is 95.4 Å². The van der Waals surface area contributed by atoms with E-state index in [1.807, 2.05) is 4.90 Å². The Balaban J connectivity index is 1.25. The number of likely N-dealkylation sites (tertiary alicyclic amines) is 1. The number of piperidine rings is 2. The van der Waals surface area contributed by atoms with Gasteiger partial charge in [-0.15, -0.1) is 6.42 Å². The van der Waals surface area contributed by atoms with Crippen molar-refractivity contribution < 1.29 is 33.2 Å². The number of terminal acetylenes is 1. The lowest BCUT2D eigenvalue weighted by Crippen LogP contribution is -2.57. The summed E-state index contributed by atoms with van der Waals surface area (Å²) in [6.07, 6.45) is 14.7. The smallest absolute Gasteiger partial charge is 0.319 e. The Hall–Kier alpha value is -4.31. The number of rotatable bonds is 7. The van der Waals surface area contributed by atoms with Crippen LogP contribution in [0.3, 0.4) is 0 Å². The SMILES string of the molecule is C#Cc1c(F)ccc2cc(O)cc(-c3nc(OC)c4c(N5CCC[C@@](C)(O)C5)nc(OC[C@]56CCCC5N(C5CCO[C@@H](C)C5)CCC6)nc4c3F)c12. The maximum atomic E-state index is 17.3. The summed E-state index contributed by atoms with van der Waals surface area (Å²) in [5, 5.41) is 22.7. The number of hydrogen-bond acceptors (Lipinski definition) is 10. The Labute approximate surface area is 308 Å². The summed E-state index contributed by atoms with van der Waals surface area (Å²) in [6, 6.07) is 6.30. The summed E-state index contributed by atoms with van der Waals surface area (Å²) >= 11 is 0. The molecule has 0 radical (unpaired) electrons. The lowest BCUT2D eigenvalue weighted by Gasteiger charge is -2.50. The minimum atomic E-state index is -1.00. The monoisotopic (exact) mass is 727 g/mol. The highest BCUT2D eigenvalue weighted by molar-refractivity contribution is 6.04. The number of phenols is 1. The number of aliphatic hydroxyl groups is 1. The van der Waals surface area contributed by atoms with E-state index in [4.69, 9.17) is 30.6 Å². The molecule has 1 saturated carbocycles. The molecule has 2 aromatic carbocycles. The van der Waals surface area contributed by atoms with Crippen molar-refractivity contribution in [2.75, 3.05) is 44.9 Å². The van der Waals surface area contributed by atoms with Gasteiger partial charge in [-0.3, -0.25) is 4.90 Å². The number of phenolic OH excluding ortho intramolecular Hbond substituents is 1. The summed E-state index contributed by atoms with van der Waals surface area (Å²) in [5.41, 5.74) is -1.41. The Morgan fingerprint density at radius 2 is 1.87 bits per heavy atom. The first-order chi connectivity index (χ1) is 25.5. The van der Waals surface area contributed by atoms with Gasteiger partial charge >= 0.3 is 6.01 Å². The molecule has 5 heterocycles. The van der Waals surface area contributed by atoms with E-state index < -0.39 is 17.2 Å². The van der Waals surface area contributed by atoms with Crippen LogP contribution in [0.2, 0.25) is 0 Å². The maximum Gasteiger partial charge on any atom is 0.319 e. The highest BCUT2D eigenvalue weighted by Gasteiger charge is 2.50. The number of ether oxygens (including phenoxy) is 3. The van der Waals surface area contributed by atoms with E-state index in [0.29, 0.717) is 49.3 Å². The number of fused-ring (bicyclic) bond motifs is 3. The number of anilines is 1. The minimum Gasteiger partial charge on any atom is -0.508 e. The molecule has 4 aliphatic rings.